The number of thiazole rings is 1. The van der Waals surface area contributed by atoms with E-state index in [1.165, 1.54) is 41.3 Å². The van der Waals surface area contributed by atoms with Crippen molar-refractivity contribution < 1.29 is 5.11 Å². The molecule has 0 radical (unpaired) electrons. The number of nitrogens with zero attached hydrogens (tertiary/aromatic N) is 1. The van der Waals surface area contributed by atoms with Crippen LogP contribution in [0.4, 0.5) is 0 Å². The molecule has 0 bridgehead atoms. The molecule has 2 aliphatic carbocycles. The van der Waals surface area contributed by atoms with Gasteiger partial charge in [0.05, 0.1) is 12.3 Å². The van der Waals surface area contributed by atoms with E-state index in [0.29, 0.717) is 0 Å². The van der Waals surface area contributed by atoms with Crippen molar-refractivity contribution in [2.24, 2.45) is 5.92 Å². The van der Waals surface area contributed by atoms with Gasteiger partial charge in [-0.15, -0.1) is 11.3 Å². The highest BCUT2D eigenvalue weighted by Gasteiger charge is 2.32. The van der Waals surface area contributed by atoms with Crippen molar-refractivity contribution in [2.45, 2.75) is 64.0 Å². The van der Waals surface area contributed by atoms with E-state index >= 15 is 0 Å². The van der Waals surface area contributed by atoms with Gasteiger partial charge in [0.25, 0.3) is 0 Å². The van der Waals surface area contributed by atoms with E-state index in [1.54, 1.807) is 0 Å². The Morgan fingerprint density at radius 3 is 2.95 bits per heavy atom. The number of fused-ring (bicyclic) bond motifs is 1. The first kappa shape index (κ1) is 13.5. The quantitative estimate of drug-likeness (QED) is 0.891. The summed E-state index contributed by atoms with van der Waals surface area (Å²) in [6, 6.07) is 0. The van der Waals surface area contributed by atoms with Crippen molar-refractivity contribution in [3.05, 3.63) is 15.6 Å². The molecule has 0 amide bonds. The first-order valence-electron chi connectivity index (χ1n) is 7.54. The zero-order valence-electron chi connectivity index (χ0n) is 11.7. The first-order chi connectivity index (χ1) is 9.21. The van der Waals surface area contributed by atoms with Crippen molar-refractivity contribution in [1.29, 1.82) is 0 Å². The van der Waals surface area contributed by atoms with Gasteiger partial charge in [0, 0.05) is 17.0 Å². The van der Waals surface area contributed by atoms with Crippen LogP contribution >= 0.6 is 11.3 Å². The zero-order chi connectivity index (χ0) is 13.3. The molecule has 1 unspecified atom stereocenters. The third-order valence-corrected chi connectivity index (χ3v) is 5.83. The molecule has 19 heavy (non-hydrogen) atoms. The second-order valence-electron chi connectivity index (χ2n) is 6.32. The Morgan fingerprint density at radius 2 is 2.21 bits per heavy atom. The monoisotopic (exact) mass is 280 g/mol. The molecule has 3 nitrogen and oxygen atoms in total. The van der Waals surface area contributed by atoms with Gasteiger partial charge in [-0.1, -0.05) is 19.8 Å². The minimum atomic E-state index is -0.0283. The number of nitrogens with one attached hydrogen (secondary N) is 1. The standard InChI is InChI=1S/C15H24N2OS/c1-11-4-5-12-13(8-11)19-14(17-12)9-16-15(10-18)6-2-3-7-15/h11,16,18H,2-10H2,1H3. The second kappa shape index (κ2) is 5.51. The van der Waals surface area contributed by atoms with Crippen LogP contribution in [0.1, 0.15) is 54.6 Å². The van der Waals surface area contributed by atoms with Crippen LogP contribution in [0.2, 0.25) is 0 Å². The Balaban J connectivity index is 1.64. The first-order valence-corrected chi connectivity index (χ1v) is 8.36. The summed E-state index contributed by atoms with van der Waals surface area (Å²) >= 11 is 1.88. The Kier molecular flexibility index (Phi) is 3.92. The molecule has 3 rings (SSSR count). The lowest BCUT2D eigenvalue weighted by Crippen LogP contribution is -2.45. The van der Waals surface area contributed by atoms with Crippen LogP contribution < -0.4 is 5.32 Å². The Labute approximate surface area is 119 Å². The molecule has 2 N–H and O–H groups in total. The summed E-state index contributed by atoms with van der Waals surface area (Å²) in [6.45, 7) is 3.42. The normalized spacial score (nSPS) is 25.5. The van der Waals surface area contributed by atoms with Crippen LogP contribution in [0.25, 0.3) is 0 Å². The molecule has 0 spiro atoms. The third-order valence-electron chi connectivity index (χ3n) is 4.71. The van der Waals surface area contributed by atoms with E-state index in [9.17, 15) is 5.11 Å². The van der Waals surface area contributed by atoms with E-state index in [0.717, 1.165) is 31.7 Å². The number of hydrogen-bond donors (Lipinski definition) is 2. The number of aliphatic hydroxyl groups is 1. The van der Waals surface area contributed by atoms with Gasteiger partial charge >= 0.3 is 0 Å². The van der Waals surface area contributed by atoms with Crippen LogP contribution in [0, 0.1) is 5.92 Å². The fourth-order valence-corrected chi connectivity index (χ4v) is 4.59. The minimum absolute atomic E-state index is 0.0283. The predicted molar refractivity (Wildman–Crippen MR) is 78.4 cm³/mol. The smallest absolute Gasteiger partial charge is 0.107 e. The number of rotatable bonds is 4. The lowest BCUT2D eigenvalue weighted by atomic mass is 9.93. The van der Waals surface area contributed by atoms with Crippen LogP contribution in [0.15, 0.2) is 0 Å². The van der Waals surface area contributed by atoms with Crippen molar-refractivity contribution >= 4 is 11.3 Å². The predicted octanol–water partition coefficient (Wildman–Crippen LogP) is 2.66. The van der Waals surface area contributed by atoms with Gasteiger partial charge in [-0.3, -0.25) is 0 Å². The van der Waals surface area contributed by atoms with Crippen LogP contribution in [0.3, 0.4) is 0 Å². The minimum Gasteiger partial charge on any atom is -0.394 e. The van der Waals surface area contributed by atoms with Crippen LogP contribution in [0.5, 0.6) is 0 Å². The third kappa shape index (κ3) is 2.86. The summed E-state index contributed by atoms with van der Waals surface area (Å²) in [4.78, 5) is 6.29. The Morgan fingerprint density at radius 1 is 1.42 bits per heavy atom. The average molecular weight is 280 g/mol. The van der Waals surface area contributed by atoms with Crippen molar-refractivity contribution in [3.8, 4) is 0 Å². The van der Waals surface area contributed by atoms with E-state index in [2.05, 4.69) is 12.2 Å². The van der Waals surface area contributed by atoms with Crippen LogP contribution in [-0.4, -0.2) is 22.2 Å². The highest BCUT2D eigenvalue weighted by atomic mass is 32.1. The Hall–Kier alpha value is -0.450. The van der Waals surface area contributed by atoms with Gasteiger partial charge in [0.2, 0.25) is 0 Å². The molecular weight excluding hydrogens is 256 g/mol. The summed E-state index contributed by atoms with van der Waals surface area (Å²) in [7, 11) is 0. The molecule has 1 saturated carbocycles. The lowest BCUT2D eigenvalue weighted by molar-refractivity contribution is 0.163. The maximum atomic E-state index is 9.61. The second-order valence-corrected chi connectivity index (χ2v) is 7.49. The molecule has 1 atom stereocenters. The van der Waals surface area contributed by atoms with E-state index in [1.807, 2.05) is 11.3 Å². The number of hydrogen-bond acceptors (Lipinski definition) is 4. The Bertz CT molecular complexity index is 437. The highest BCUT2D eigenvalue weighted by molar-refractivity contribution is 7.11. The molecule has 1 aromatic heterocycles. The van der Waals surface area contributed by atoms with Gasteiger partial charge in [0.15, 0.2) is 0 Å². The summed E-state index contributed by atoms with van der Waals surface area (Å²) in [5, 5.41) is 14.4. The van der Waals surface area contributed by atoms with Gasteiger partial charge in [-0.05, 0) is 38.0 Å². The summed E-state index contributed by atoms with van der Waals surface area (Å²) in [6.07, 6.45) is 8.32. The zero-order valence-corrected chi connectivity index (χ0v) is 12.6. The SMILES string of the molecule is CC1CCc2nc(CNC3(CO)CCCC3)sc2C1. The fourth-order valence-electron chi connectivity index (χ4n) is 3.37. The number of aromatic nitrogens is 1. The summed E-state index contributed by atoms with van der Waals surface area (Å²) in [5.41, 5.74) is 1.31. The summed E-state index contributed by atoms with van der Waals surface area (Å²) in [5.74, 6) is 0.812. The number of aryl methyl sites for hydroxylation is 1. The van der Waals surface area contributed by atoms with Gasteiger partial charge < -0.3 is 10.4 Å². The molecule has 0 aliphatic heterocycles. The maximum Gasteiger partial charge on any atom is 0.107 e. The van der Waals surface area contributed by atoms with Gasteiger partial charge in [-0.25, -0.2) is 4.98 Å². The highest BCUT2D eigenvalue weighted by Crippen LogP contribution is 2.32. The molecule has 2 aliphatic rings. The average Bonchev–Trinajstić information content (AvgIpc) is 3.02. The molecule has 4 heteroatoms. The van der Waals surface area contributed by atoms with E-state index < -0.39 is 0 Å². The van der Waals surface area contributed by atoms with Crippen molar-refractivity contribution in [2.75, 3.05) is 6.61 Å². The molecular formula is C15H24N2OS. The van der Waals surface area contributed by atoms with Crippen LogP contribution in [-0.2, 0) is 19.4 Å². The number of aliphatic hydroxyl groups excluding tert-OH is 1. The molecule has 106 valence electrons. The maximum absolute atomic E-state index is 9.61. The summed E-state index contributed by atoms with van der Waals surface area (Å²) < 4.78 is 0. The molecule has 0 aromatic carbocycles. The van der Waals surface area contributed by atoms with Gasteiger partial charge in [-0.2, -0.15) is 0 Å². The molecule has 1 aromatic rings. The lowest BCUT2D eigenvalue weighted by Gasteiger charge is -2.27. The molecule has 1 fully saturated rings. The largest absolute Gasteiger partial charge is 0.394 e. The van der Waals surface area contributed by atoms with E-state index in [-0.39, 0.29) is 12.1 Å². The molecule has 0 saturated heterocycles. The van der Waals surface area contributed by atoms with E-state index in [4.69, 9.17) is 4.98 Å². The van der Waals surface area contributed by atoms with Crippen molar-refractivity contribution in [1.82, 2.24) is 10.3 Å². The fraction of sp³-hybridized carbons (Fsp3) is 0.800. The van der Waals surface area contributed by atoms with Gasteiger partial charge in [0.1, 0.15) is 5.01 Å². The topological polar surface area (TPSA) is 45.2 Å². The molecule has 1 heterocycles. The van der Waals surface area contributed by atoms with Crippen molar-refractivity contribution in [3.63, 3.8) is 0 Å².